The van der Waals surface area contributed by atoms with Gasteiger partial charge in [0, 0.05) is 38.4 Å². The van der Waals surface area contributed by atoms with Crippen molar-refractivity contribution in [2.24, 2.45) is 10.9 Å². The molecule has 7 nitrogen and oxygen atoms in total. The van der Waals surface area contributed by atoms with E-state index in [-0.39, 0.29) is 29.9 Å². The zero-order valence-electron chi connectivity index (χ0n) is 18.3. The number of halogens is 2. The molecule has 0 bridgehead atoms. The minimum atomic E-state index is -0.0936. The second-order valence-corrected chi connectivity index (χ2v) is 8.21. The first-order chi connectivity index (χ1) is 14.5. The largest absolute Gasteiger partial charge is 0.357 e. The van der Waals surface area contributed by atoms with Gasteiger partial charge in [-0.15, -0.1) is 24.0 Å². The smallest absolute Gasteiger partial charge is 0.226 e. The van der Waals surface area contributed by atoms with Gasteiger partial charge in [0.05, 0.1) is 29.6 Å². The maximum atomic E-state index is 12.3. The van der Waals surface area contributed by atoms with Crippen LogP contribution in [0.1, 0.15) is 38.3 Å². The lowest BCUT2D eigenvalue weighted by atomic mass is 9.93. The summed E-state index contributed by atoms with van der Waals surface area (Å²) in [6.07, 6.45) is 7.11. The highest BCUT2D eigenvalue weighted by Gasteiger charge is 2.28. The molecule has 170 valence electrons. The maximum absolute atomic E-state index is 12.3. The number of likely N-dealkylation sites (tertiary alicyclic amines) is 1. The number of benzene rings is 1. The third-order valence-electron chi connectivity index (χ3n) is 5.46. The summed E-state index contributed by atoms with van der Waals surface area (Å²) < 4.78 is 2.18. The highest BCUT2D eigenvalue weighted by Crippen LogP contribution is 2.27. The van der Waals surface area contributed by atoms with Crippen molar-refractivity contribution in [1.82, 2.24) is 19.8 Å². The quantitative estimate of drug-likeness (QED) is 0.314. The number of carbonyl (C=O) groups is 1. The van der Waals surface area contributed by atoms with E-state index in [1.54, 1.807) is 0 Å². The number of hydrogen-bond acceptors (Lipinski definition) is 3. The monoisotopic (exact) mass is 558 g/mol. The molecular weight excluding hydrogens is 527 g/mol. The zero-order chi connectivity index (χ0) is 21.5. The predicted octanol–water partition coefficient (Wildman–Crippen LogP) is 4.34. The van der Waals surface area contributed by atoms with Crippen LogP contribution in [0.4, 0.5) is 5.69 Å². The highest BCUT2D eigenvalue weighted by atomic mass is 127. The lowest BCUT2D eigenvalue weighted by molar-refractivity contribution is -0.116. The maximum Gasteiger partial charge on any atom is 0.226 e. The van der Waals surface area contributed by atoms with Crippen molar-refractivity contribution in [2.75, 3.05) is 31.5 Å². The molecule has 0 spiro atoms. The van der Waals surface area contributed by atoms with E-state index in [0.29, 0.717) is 35.6 Å². The molecule has 2 N–H and O–H groups in total. The average molecular weight is 559 g/mol. The van der Waals surface area contributed by atoms with Gasteiger partial charge in [-0.3, -0.25) is 9.79 Å². The topological polar surface area (TPSA) is 74.6 Å². The van der Waals surface area contributed by atoms with E-state index in [4.69, 9.17) is 16.6 Å². The number of hydrogen-bond donors (Lipinski definition) is 2. The Bertz CT molecular complexity index is 873. The van der Waals surface area contributed by atoms with Crippen LogP contribution in [0.25, 0.3) is 0 Å². The van der Waals surface area contributed by atoms with E-state index in [2.05, 4.69) is 38.9 Å². The fourth-order valence-electron chi connectivity index (χ4n) is 3.72. The third-order valence-corrected chi connectivity index (χ3v) is 5.77. The number of rotatable bonds is 6. The van der Waals surface area contributed by atoms with Crippen molar-refractivity contribution in [3.63, 3.8) is 0 Å². The van der Waals surface area contributed by atoms with E-state index in [1.165, 1.54) is 0 Å². The Kier molecular flexibility index (Phi) is 10.1. The first kappa shape index (κ1) is 25.5. The molecule has 0 saturated carbocycles. The van der Waals surface area contributed by atoms with Crippen molar-refractivity contribution in [3.05, 3.63) is 47.5 Å². The number of aromatic nitrogens is 2. The Labute approximate surface area is 206 Å². The molecule has 2 unspecified atom stereocenters. The fraction of sp³-hybridized carbons (Fsp3) is 0.500. The molecule has 1 saturated heterocycles. The number of nitrogens with one attached hydrogen (secondary N) is 2. The van der Waals surface area contributed by atoms with E-state index in [1.807, 2.05) is 43.8 Å². The first-order valence-corrected chi connectivity index (χ1v) is 10.9. The van der Waals surface area contributed by atoms with Crippen molar-refractivity contribution in [1.29, 1.82) is 0 Å². The molecule has 2 heterocycles. The molecule has 1 aliphatic heterocycles. The van der Waals surface area contributed by atoms with Gasteiger partial charge in [-0.2, -0.15) is 0 Å². The van der Waals surface area contributed by atoms with Crippen LogP contribution in [-0.4, -0.2) is 52.5 Å². The Balaban J connectivity index is 0.00000341. The molecule has 1 aromatic carbocycles. The Hall–Kier alpha value is -1.81. The molecule has 1 aliphatic rings. The number of anilines is 1. The molecule has 0 aliphatic carbocycles. The number of aryl methyl sites for hydroxylation is 1. The molecule has 2 atom stereocenters. The summed E-state index contributed by atoms with van der Waals surface area (Å²) in [5.74, 6) is 1.34. The van der Waals surface area contributed by atoms with Crippen LogP contribution in [0, 0.1) is 12.8 Å². The molecule has 0 radical (unpaired) electrons. The molecule has 31 heavy (non-hydrogen) atoms. The van der Waals surface area contributed by atoms with E-state index < -0.39 is 0 Å². The number of guanidine groups is 1. The molecule has 1 aromatic heterocycles. The average Bonchev–Trinajstić information content (AvgIpc) is 3.24. The van der Waals surface area contributed by atoms with Crippen molar-refractivity contribution in [2.45, 2.75) is 39.7 Å². The zero-order valence-corrected chi connectivity index (χ0v) is 21.4. The minimum Gasteiger partial charge on any atom is -0.357 e. The van der Waals surface area contributed by atoms with E-state index >= 15 is 0 Å². The second-order valence-electron chi connectivity index (χ2n) is 7.81. The van der Waals surface area contributed by atoms with Crippen LogP contribution in [0.2, 0.25) is 5.02 Å². The molecule has 9 heteroatoms. The predicted molar refractivity (Wildman–Crippen MR) is 137 cm³/mol. The standard InChI is InChI=1S/C22H31ClN6O.HI/c1-4-25-22(28-11-8-17(3)20(14-28)29-12-10-24-15-29)26-9-7-21(30)27-19-6-5-16(2)13-18(19)23;/h5-6,10,12-13,15,17,20H,4,7-9,11,14H2,1-3H3,(H,25,26)(H,27,30);1H. The molecule has 2 aromatic rings. The summed E-state index contributed by atoms with van der Waals surface area (Å²) in [5, 5.41) is 6.79. The Morgan fingerprint density at radius 2 is 2.19 bits per heavy atom. The fourth-order valence-corrected chi connectivity index (χ4v) is 4.00. The van der Waals surface area contributed by atoms with Crippen molar-refractivity contribution < 1.29 is 4.79 Å². The van der Waals surface area contributed by atoms with Crippen LogP contribution >= 0.6 is 35.6 Å². The summed E-state index contributed by atoms with van der Waals surface area (Å²) in [7, 11) is 0. The number of imidazole rings is 1. The molecule has 1 fully saturated rings. The summed E-state index contributed by atoms with van der Waals surface area (Å²) in [4.78, 5) is 23.5. The molecule has 3 rings (SSSR count). The van der Waals surface area contributed by atoms with Gasteiger partial charge in [0.1, 0.15) is 0 Å². The van der Waals surface area contributed by atoms with Gasteiger partial charge >= 0.3 is 0 Å². The normalized spacial score (nSPS) is 19.0. The highest BCUT2D eigenvalue weighted by molar-refractivity contribution is 14.0. The molecule has 1 amide bonds. The number of amides is 1. The second kappa shape index (κ2) is 12.3. The van der Waals surface area contributed by atoms with Gasteiger partial charge in [0.15, 0.2) is 5.96 Å². The Morgan fingerprint density at radius 3 is 2.87 bits per heavy atom. The van der Waals surface area contributed by atoms with Crippen molar-refractivity contribution in [3.8, 4) is 0 Å². The lowest BCUT2D eigenvalue weighted by Crippen LogP contribution is -2.49. The third kappa shape index (κ3) is 7.10. The van der Waals surface area contributed by atoms with Gasteiger partial charge in [0.25, 0.3) is 0 Å². The van der Waals surface area contributed by atoms with Crippen LogP contribution in [0.5, 0.6) is 0 Å². The van der Waals surface area contributed by atoms with Gasteiger partial charge in [-0.1, -0.05) is 24.6 Å². The number of nitrogens with zero attached hydrogens (tertiary/aromatic N) is 4. The van der Waals surface area contributed by atoms with E-state index in [0.717, 1.165) is 37.6 Å². The number of aliphatic imine (C=N–C) groups is 1. The van der Waals surface area contributed by atoms with Crippen LogP contribution in [0.15, 0.2) is 41.9 Å². The summed E-state index contributed by atoms with van der Waals surface area (Å²) in [6, 6.07) is 5.95. The van der Waals surface area contributed by atoms with Gasteiger partial charge in [-0.25, -0.2) is 4.98 Å². The molecular formula is C22H32ClIN6O. The van der Waals surface area contributed by atoms with E-state index in [9.17, 15) is 4.79 Å². The number of carbonyl (C=O) groups excluding carboxylic acids is 1. The number of piperidine rings is 1. The van der Waals surface area contributed by atoms with Crippen LogP contribution in [0.3, 0.4) is 0 Å². The SMILES string of the molecule is CCNC(=NCCC(=O)Nc1ccc(C)cc1Cl)N1CCC(C)C(n2ccnc2)C1.I. The van der Waals surface area contributed by atoms with Gasteiger partial charge in [0.2, 0.25) is 5.91 Å². The summed E-state index contributed by atoms with van der Waals surface area (Å²) in [6.45, 7) is 9.32. The van der Waals surface area contributed by atoms with Gasteiger partial charge in [-0.05, 0) is 43.9 Å². The van der Waals surface area contributed by atoms with Crippen LogP contribution < -0.4 is 10.6 Å². The summed E-state index contributed by atoms with van der Waals surface area (Å²) in [5.41, 5.74) is 1.69. The van der Waals surface area contributed by atoms with Crippen molar-refractivity contribution >= 4 is 53.1 Å². The lowest BCUT2D eigenvalue weighted by Gasteiger charge is -2.39. The minimum absolute atomic E-state index is 0. The summed E-state index contributed by atoms with van der Waals surface area (Å²) >= 11 is 6.20. The van der Waals surface area contributed by atoms with Gasteiger partial charge < -0.3 is 20.1 Å². The Morgan fingerprint density at radius 1 is 1.39 bits per heavy atom. The first-order valence-electron chi connectivity index (χ1n) is 10.5. The van der Waals surface area contributed by atoms with Crippen LogP contribution in [-0.2, 0) is 4.79 Å².